The number of nitrogens with zero attached hydrogens (tertiary/aromatic N) is 4. The molecule has 1 aliphatic rings. The molecule has 1 rings (SSSR count). The number of ether oxygens (including phenoxy) is 1. The number of hydrogen-bond donors (Lipinski definition) is 3. The number of hydrogen-bond acceptors (Lipinski definition) is 8. The normalized spacial score (nSPS) is 17.3. The van der Waals surface area contributed by atoms with Gasteiger partial charge in [0.2, 0.25) is 0 Å². The Bertz CT molecular complexity index is 756. The number of likely N-dealkylation sites (N-methyl/N-ethyl adjacent to an activating group) is 1. The fourth-order valence-electron chi connectivity index (χ4n) is 4.07. The molecule has 3 N–H and O–H groups in total. The first-order valence-corrected chi connectivity index (χ1v) is 12.1. The number of amides is 2. The third-order valence-electron chi connectivity index (χ3n) is 6.34. The zero-order valence-electron chi connectivity index (χ0n) is 22.3. The molecule has 10 heteroatoms. The van der Waals surface area contributed by atoms with Gasteiger partial charge in [-0.15, -0.1) is 0 Å². The molecule has 0 aromatic rings. The number of rotatable bonds is 12. The van der Waals surface area contributed by atoms with Crippen LogP contribution < -0.4 is 10.6 Å². The van der Waals surface area contributed by atoms with Crippen molar-refractivity contribution in [1.82, 2.24) is 25.3 Å². The van der Waals surface area contributed by atoms with Crippen molar-refractivity contribution in [2.45, 2.75) is 59.0 Å². The zero-order valence-corrected chi connectivity index (χ0v) is 22.3. The monoisotopic (exact) mass is 479 g/mol. The average molecular weight is 480 g/mol. The van der Waals surface area contributed by atoms with Crippen molar-refractivity contribution in [3.63, 3.8) is 0 Å². The van der Waals surface area contributed by atoms with Crippen molar-refractivity contribution in [3.05, 3.63) is 11.4 Å². The van der Waals surface area contributed by atoms with Crippen LogP contribution in [0.2, 0.25) is 0 Å². The summed E-state index contributed by atoms with van der Waals surface area (Å²) in [4.78, 5) is 35.5. The second-order valence-electron chi connectivity index (χ2n) is 8.93. The molecule has 0 aromatic carbocycles. The van der Waals surface area contributed by atoms with Crippen LogP contribution in [0.15, 0.2) is 16.4 Å². The molecule has 2 amide bonds. The summed E-state index contributed by atoms with van der Waals surface area (Å²) >= 11 is 0. The van der Waals surface area contributed by atoms with Gasteiger partial charge in [0.25, 0.3) is 0 Å². The van der Waals surface area contributed by atoms with Gasteiger partial charge in [0, 0.05) is 39.3 Å². The lowest BCUT2D eigenvalue weighted by Gasteiger charge is -2.42. The van der Waals surface area contributed by atoms with Gasteiger partial charge in [-0.2, -0.15) is 0 Å². The smallest absolute Gasteiger partial charge is 0.337 e. The van der Waals surface area contributed by atoms with E-state index in [1.54, 1.807) is 27.9 Å². The number of methoxy groups -OCH3 is 1. The minimum atomic E-state index is -0.579. The summed E-state index contributed by atoms with van der Waals surface area (Å²) in [5, 5.41) is 14.4. The number of carbonyl (C=O) groups is 2. The van der Waals surface area contributed by atoms with Crippen molar-refractivity contribution >= 4 is 23.4 Å². The van der Waals surface area contributed by atoms with Gasteiger partial charge < -0.3 is 25.3 Å². The predicted octanol–water partition coefficient (Wildman–Crippen LogP) is 1.93. The molecule has 1 fully saturated rings. The summed E-state index contributed by atoms with van der Waals surface area (Å²) in [5.41, 5.74) is 0.996. The third kappa shape index (κ3) is 8.81. The molecule has 1 aliphatic heterocycles. The van der Waals surface area contributed by atoms with Crippen molar-refractivity contribution < 1.29 is 14.3 Å². The third-order valence-corrected chi connectivity index (χ3v) is 6.34. The SMILES string of the molecule is CCC(CNC)N(C/C(=N/C(NC(=O)N(C)C)=C(\C)C(=O)OC)C(C)=N)C1CCN(CC)CC1. The number of carbonyl (C=O) groups excluding carboxylic acids is 2. The van der Waals surface area contributed by atoms with E-state index in [2.05, 4.69) is 39.3 Å². The molecule has 0 saturated carbocycles. The van der Waals surface area contributed by atoms with Crippen LogP contribution in [0.1, 0.15) is 47.0 Å². The van der Waals surface area contributed by atoms with E-state index < -0.39 is 12.0 Å². The van der Waals surface area contributed by atoms with Gasteiger partial charge in [0.05, 0.1) is 24.1 Å². The number of piperidine rings is 1. The Morgan fingerprint density at radius 2 is 1.82 bits per heavy atom. The molecular formula is C24H45N7O3. The molecule has 1 saturated heterocycles. The Hall–Kier alpha value is -2.30. The van der Waals surface area contributed by atoms with E-state index in [1.807, 2.05) is 7.05 Å². The Morgan fingerprint density at radius 1 is 1.21 bits per heavy atom. The van der Waals surface area contributed by atoms with Crippen molar-refractivity contribution in [3.8, 4) is 0 Å². The van der Waals surface area contributed by atoms with Gasteiger partial charge in [-0.25, -0.2) is 14.6 Å². The topological polar surface area (TPSA) is 113 Å². The van der Waals surface area contributed by atoms with E-state index in [-0.39, 0.29) is 17.4 Å². The maximum atomic E-state index is 12.4. The minimum Gasteiger partial charge on any atom is -0.466 e. The van der Waals surface area contributed by atoms with Gasteiger partial charge in [-0.05, 0) is 59.8 Å². The highest BCUT2D eigenvalue weighted by Crippen LogP contribution is 2.21. The van der Waals surface area contributed by atoms with Crippen molar-refractivity contribution in [2.24, 2.45) is 4.99 Å². The summed E-state index contributed by atoms with van der Waals surface area (Å²) in [5.74, 6) is -0.472. The van der Waals surface area contributed by atoms with Crippen LogP contribution >= 0.6 is 0 Å². The zero-order chi connectivity index (χ0) is 25.8. The van der Waals surface area contributed by atoms with Gasteiger partial charge in [-0.3, -0.25) is 10.2 Å². The Morgan fingerprint density at radius 3 is 2.26 bits per heavy atom. The standard InChI is InChI=1S/C24H45N7O3/c1-9-19(15-26-5)31(20-11-13-30(10-2)14-12-20)16-21(18(4)25)27-22(17(3)23(32)34-8)28-24(33)29(6)7/h19-20,25-26H,9-16H2,1-8H3,(H,28,33)/b22-17-,25-18?,27-21-. The average Bonchev–Trinajstić information content (AvgIpc) is 2.83. The fraction of sp³-hybridized carbons (Fsp3) is 0.750. The number of aliphatic imine (C=N–C) groups is 1. The van der Waals surface area contributed by atoms with E-state index in [0.717, 1.165) is 45.4 Å². The summed E-state index contributed by atoms with van der Waals surface area (Å²) in [6.07, 6.45) is 3.07. The summed E-state index contributed by atoms with van der Waals surface area (Å²) in [6.45, 7) is 12.1. The van der Waals surface area contributed by atoms with Gasteiger partial charge in [0.15, 0.2) is 0 Å². The maximum absolute atomic E-state index is 12.4. The number of nitrogens with one attached hydrogen (secondary N) is 3. The second kappa shape index (κ2) is 14.9. The first kappa shape index (κ1) is 29.7. The van der Waals surface area contributed by atoms with E-state index >= 15 is 0 Å². The summed E-state index contributed by atoms with van der Waals surface area (Å²) in [6, 6.07) is 0.240. The molecule has 0 radical (unpaired) electrons. The molecule has 1 heterocycles. The first-order chi connectivity index (χ1) is 16.1. The van der Waals surface area contributed by atoms with Crippen LogP contribution in [0, 0.1) is 5.41 Å². The molecule has 0 aliphatic carbocycles. The first-order valence-electron chi connectivity index (χ1n) is 12.1. The largest absolute Gasteiger partial charge is 0.466 e. The number of likely N-dealkylation sites (tertiary alicyclic amines) is 1. The maximum Gasteiger partial charge on any atom is 0.337 e. The predicted molar refractivity (Wildman–Crippen MR) is 138 cm³/mol. The molecule has 0 spiro atoms. The molecule has 194 valence electrons. The van der Waals surface area contributed by atoms with Crippen LogP contribution in [-0.2, 0) is 9.53 Å². The van der Waals surface area contributed by atoms with Crippen molar-refractivity contribution in [1.29, 1.82) is 5.41 Å². The van der Waals surface area contributed by atoms with E-state index in [4.69, 9.17) is 10.1 Å². The highest BCUT2D eigenvalue weighted by molar-refractivity contribution is 6.41. The lowest BCUT2D eigenvalue weighted by molar-refractivity contribution is -0.136. The lowest BCUT2D eigenvalue weighted by atomic mass is 9.99. The highest BCUT2D eigenvalue weighted by atomic mass is 16.5. The number of esters is 1. The Kier molecular flexibility index (Phi) is 13.0. The van der Waals surface area contributed by atoms with Crippen LogP contribution in [0.25, 0.3) is 0 Å². The van der Waals surface area contributed by atoms with Crippen LogP contribution in [0.4, 0.5) is 4.79 Å². The Labute approximate surface area is 205 Å². The van der Waals surface area contributed by atoms with Gasteiger partial charge in [-0.1, -0.05) is 13.8 Å². The minimum absolute atomic E-state index is 0.106. The lowest BCUT2D eigenvalue weighted by Crippen LogP contribution is -2.53. The van der Waals surface area contributed by atoms with Gasteiger partial charge in [0.1, 0.15) is 5.82 Å². The molecule has 1 unspecified atom stereocenters. The second-order valence-corrected chi connectivity index (χ2v) is 8.93. The molecule has 0 aromatic heterocycles. The quantitative estimate of drug-likeness (QED) is 0.224. The van der Waals surface area contributed by atoms with Crippen LogP contribution in [-0.4, -0.2) is 111 Å². The molecular weight excluding hydrogens is 434 g/mol. The van der Waals surface area contributed by atoms with E-state index in [0.29, 0.717) is 24.0 Å². The fourth-order valence-corrected chi connectivity index (χ4v) is 4.07. The highest BCUT2D eigenvalue weighted by Gasteiger charge is 2.30. The summed E-state index contributed by atoms with van der Waals surface area (Å²) < 4.78 is 4.85. The molecule has 0 bridgehead atoms. The van der Waals surface area contributed by atoms with Gasteiger partial charge >= 0.3 is 12.0 Å². The van der Waals surface area contributed by atoms with E-state index in [1.165, 1.54) is 12.0 Å². The molecule has 34 heavy (non-hydrogen) atoms. The summed E-state index contributed by atoms with van der Waals surface area (Å²) in [7, 11) is 6.47. The molecule has 1 atom stereocenters. The van der Waals surface area contributed by atoms with Crippen LogP contribution in [0.5, 0.6) is 0 Å². The van der Waals surface area contributed by atoms with Crippen LogP contribution in [0.3, 0.4) is 0 Å². The number of urea groups is 1. The van der Waals surface area contributed by atoms with E-state index in [9.17, 15) is 9.59 Å². The Balaban J connectivity index is 3.40. The van der Waals surface area contributed by atoms with Crippen molar-refractivity contribution in [2.75, 3.05) is 61.0 Å². The molecule has 10 nitrogen and oxygen atoms in total.